The molecule has 0 bridgehead atoms. The lowest BCUT2D eigenvalue weighted by Gasteiger charge is -2.36. The summed E-state index contributed by atoms with van der Waals surface area (Å²) in [5, 5.41) is 15.4. The quantitative estimate of drug-likeness (QED) is 0.789. The summed E-state index contributed by atoms with van der Waals surface area (Å²) in [5.74, 6) is 0.0860. The van der Waals surface area contributed by atoms with Crippen LogP contribution in [0.2, 0.25) is 0 Å². The van der Waals surface area contributed by atoms with Crippen LogP contribution in [0.15, 0.2) is 10.6 Å². The number of amides is 1. The standard InChI is InChI=1S/C13H20N4O4/c1-9-7-11(15-21-9)14-12(18)8-16-3-5-17(6-4-16)10(2)13(19)20/h7,10H,3-6,8H2,1-2H3,(H,19,20)(H,14,15,18). The topological polar surface area (TPSA) is 98.9 Å². The molecule has 2 rings (SSSR count). The van der Waals surface area contributed by atoms with Crippen LogP contribution in [-0.2, 0) is 9.59 Å². The lowest BCUT2D eigenvalue weighted by molar-refractivity contribution is -0.143. The van der Waals surface area contributed by atoms with Crippen LogP contribution in [0.3, 0.4) is 0 Å². The van der Waals surface area contributed by atoms with E-state index in [0.29, 0.717) is 37.8 Å². The molecule has 2 N–H and O–H groups in total. The number of carboxylic acid groups (broad SMARTS) is 1. The molecular formula is C13H20N4O4. The van der Waals surface area contributed by atoms with Gasteiger partial charge < -0.3 is 14.9 Å². The molecule has 0 aliphatic carbocycles. The van der Waals surface area contributed by atoms with E-state index in [-0.39, 0.29) is 12.5 Å². The molecule has 8 nitrogen and oxygen atoms in total. The van der Waals surface area contributed by atoms with E-state index in [0.717, 1.165) is 0 Å². The van der Waals surface area contributed by atoms with Crippen LogP contribution in [-0.4, -0.2) is 70.7 Å². The maximum atomic E-state index is 11.9. The highest BCUT2D eigenvalue weighted by atomic mass is 16.5. The van der Waals surface area contributed by atoms with Gasteiger partial charge in [-0.25, -0.2) is 0 Å². The van der Waals surface area contributed by atoms with Crippen molar-refractivity contribution in [1.29, 1.82) is 0 Å². The molecule has 116 valence electrons. The number of anilines is 1. The smallest absolute Gasteiger partial charge is 0.320 e. The molecule has 1 fully saturated rings. The number of hydrogen-bond acceptors (Lipinski definition) is 6. The number of carbonyl (C=O) groups is 2. The number of carboxylic acids is 1. The number of nitrogens with one attached hydrogen (secondary N) is 1. The first-order valence-corrected chi connectivity index (χ1v) is 6.88. The van der Waals surface area contributed by atoms with Gasteiger partial charge in [0.15, 0.2) is 5.82 Å². The maximum absolute atomic E-state index is 11.9. The van der Waals surface area contributed by atoms with Gasteiger partial charge in [0.05, 0.1) is 6.54 Å². The van der Waals surface area contributed by atoms with Gasteiger partial charge in [0.2, 0.25) is 5.91 Å². The van der Waals surface area contributed by atoms with E-state index in [2.05, 4.69) is 10.5 Å². The number of piperazine rings is 1. The van der Waals surface area contributed by atoms with Crippen LogP contribution < -0.4 is 5.32 Å². The predicted octanol–water partition coefficient (Wildman–Crippen LogP) is 0.0122. The summed E-state index contributed by atoms with van der Waals surface area (Å²) in [7, 11) is 0. The number of aliphatic carboxylic acids is 1. The van der Waals surface area contributed by atoms with E-state index in [4.69, 9.17) is 9.63 Å². The molecule has 1 aliphatic heterocycles. The molecule has 1 aliphatic rings. The zero-order chi connectivity index (χ0) is 15.4. The fraction of sp³-hybridized carbons (Fsp3) is 0.615. The molecular weight excluding hydrogens is 276 g/mol. The van der Waals surface area contributed by atoms with Gasteiger partial charge in [-0.05, 0) is 13.8 Å². The molecule has 0 saturated carbocycles. The summed E-state index contributed by atoms with van der Waals surface area (Å²) >= 11 is 0. The van der Waals surface area contributed by atoms with Crippen LogP contribution in [0.25, 0.3) is 0 Å². The summed E-state index contributed by atoms with van der Waals surface area (Å²) in [6.45, 7) is 6.32. The van der Waals surface area contributed by atoms with Crippen LogP contribution in [0.4, 0.5) is 5.82 Å². The van der Waals surface area contributed by atoms with Gasteiger partial charge in [-0.3, -0.25) is 19.4 Å². The van der Waals surface area contributed by atoms with Crippen molar-refractivity contribution < 1.29 is 19.2 Å². The van der Waals surface area contributed by atoms with Crippen molar-refractivity contribution in [2.45, 2.75) is 19.9 Å². The van der Waals surface area contributed by atoms with Gasteiger partial charge in [-0.1, -0.05) is 5.16 Å². The summed E-state index contributed by atoms with van der Waals surface area (Å²) in [4.78, 5) is 26.7. The van der Waals surface area contributed by atoms with Gasteiger partial charge in [0, 0.05) is 32.2 Å². The van der Waals surface area contributed by atoms with Crippen molar-refractivity contribution in [3.63, 3.8) is 0 Å². The molecule has 1 aromatic heterocycles. The Morgan fingerprint density at radius 2 is 2.10 bits per heavy atom. The van der Waals surface area contributed by atoms with Crippen molar-refractivity contribution in [3.05, 3.63) is 11.8 Å². The van der Waals surface area contributed by atoms with Gasteiger partial charge in [-0.15, -0.1) is 0 Å². The average Bonchev–Trinajstić information content (AvgIpc) is 2.83. The Labute approximate surface area is 122 Å². The Bertz CT molecular complexity index is 508. The number of rotatable bonds is 5. The monoisotopic (exact) mass is 296 g/mol. The Kier molecular flexibility index (Phi) is 4.92. The third-order valence-corrected chi connectivity index (χ3v) is 3.57. The Hall–Kier alpha value is -1.93. The number of nitrogens with zero attached hydrogens (tertiary/aromatic N) is 3. The second-order valence-electron chi connectivity index (χ2n) is 5.20. The van der Waals surface area contributed by atoms with Gasteiger partial charge in [0.25, 0.3) is 0 Å². The third kappa shape index (κ3) is 4.27. The molecule has 0 spiro atoms. The van der Waals surface area contributed by atoms with E-state index < -0.39 is 12.0 Å². The second-order valence-corrected chi connectivity index (χ2v) is 5.20. The molecule has 2 heterocycles. The largest absolute Gasteiger partial charge is 0.480 e. The highest BCUT2D eigenvalue weighted by Crippen LogP contribution is 2.09. The first kappa shape index (κ1) is 15.5. The van der Waals surface area contributed by atoms with Gasteiger partial charge in [0.1, 0.15) is 11.8 Å². The van der Waals surface area contributed by atoms with Crippen molar-refractivity contribution in [3.8, 4) is 0 Å². The van der Waals surface area contributed by atoms with Crippen molar-refractivity contribution in [2.24, 2.45) is 0 Å². The Morgan fingerprint density at radius 3 is 2.62 bits per heavy atom. The van der Waals surface area contributed by atoms with Crippen LogP contribution >= 0.6 is 0 Å². The van der Waals surface area contributed by atoms with Gasteiger partial charge in [-0.2, -0.15) is 0 Å². The lowest BCUT2D eigenvalue weighted by Crippen LogP contribution is -2.52. The first-order chi connectivity index (χ1) is 9.95. The van der Waals surface area contributed by atoms with Crippen LogP contribution in [0.5, 0.6) is 0 Å². The molecule has 8 heteroatoms. The fourth-order valence-corrected chi connectivity index (χ4v) is 2.28. The minimum Gasteiger partial charge on any atom is -0.480 e. The molecule has 1 saturated heterocycles. The number of aromatic nitrogens is 1. The molecule has 0 aromatic carbocycles. The third-order valence-electron chi connectivity index (χ3n) is 3.57. The van der Waals surface area contributed by atoms with Gasteiger partial charge >= 0.3 is 5.97 Å². The van der Waals surface area contributed by atoms with Crippen LogP contribution in [0.1, 0.15) is 12.7 Å². The first-order valence-electron chi connectivity index (χ1n) is 6.88. The van der Waals surface area contributed by atoms with E-state index in [1.54, 1.807) is 19.9 Å². The predicted molar refractivity (Wildman–Crippen MR) is 75.0 cm³/mol. The summed E-state index contributed by atoms with van der Waals surface area (Å²) < 4.78 is 4.88. The van der Waals surface area contributed by atoms with Crippen molar-refractivity contribution >= 4 is 17.7 Å². The van der Waals surface area contributed by atoms with Crippen molar-refractivity contribution in [1.82, 2.24) is 15.0 Å². The lowest BCUT2D eigenvalue weighted by atomic mass is 10.2. The van der Waals surface area contributed by atoms with Crippen LogP contribution in [0, 0.1) is 6.92 Å². The van der Waals surface area contributed by atoms with Crippen molar-refractivity contribution in [2.75, 3.05) is 38.0 Å². The summed E-state index contributed by atoms with van der Waals surface area (Å²) in [5.41, 5.74) is 0. The molecule has 1 aromatic rings. The SMILES string of the molecule is Cc1cc(NC(=O)CN2CCN(C(C)C(=O)O)CC2)no1. The average molecular weight is 296 g/mol. The highest BCUT2D eigenvalue weighted by molar-refractivity contribution is 5.91. The Balaban J connectivity index is 1.75. The minimum absolute atomic E-state index is 0.150. The van der Waals surface area contributed by atoms with E-state index in [1.807, 2.05) is 9.80 Å². The van der Waals surface area contributed by atoms with E-state index >= 15 is 0 Å². The minimum atomic E-state index is -0.817. The summed E-state index contributed by atoms with van der Waals surface area (Å²) in [6.07, 6.45) is 0. The molecule has 0 radical (unpaired) electrons. The molecule has 21 heavy (non-hydrogen) atoms. The second kappa shape index (κ2) is 6.68. The van der Waals surface area contributed by atoms with E-state index in [9.17, 15) is 9.59 Å². The normalized spacial score (nSPS) is 18.4. The zero-order valence-corrected chi connectivity index (χ0v) is 12.2. The van der Waals surface area contributed by atoms with E-state index in [1.165, 1.54) is 0 Å². The number of hydrogen-bond donors (Lipinski definition) is 2. The maximum Gasteiger partial charge on any atom is 0.320 e. The zero-order valence-electron chi connectivity index (χ0n) is 12.2. The Morgan fingerprint density at radius 1 is 1.43 bits per heavy atom. The summed E-state index contributed by atoms with van der Waals surface area (Å²) in [6, 6.07) is 1.17. The highest BCUT2D eigenvalue weighted by Gasteiger charge is 2.25. The molecule has 1 atom stereocenters. The molecule has 1 amide bonds. The fourth-order valence-electron chi connectivity index (χ4n) is 2.28. The molecule has 1 unspecified atom stereocenters. The number of aryl methyl sites for hydroxylation is 1. The number of carbonyl (C=O) groups excluding carboxylic acids is 1.